The van der Waals surface area contributed by atoms with Gasteiger partial charge in [0.2, 0.25) is 5.91 Å². The van der Waals surface area contributed by atoms with Crippen molar-refractivity contribution in [3.8, 4) is 0 Å². The second-order valence-corrected chi connectivity index (χ2v) is 4.24. The lowest BCUT2D eigenvalue weighted by atomic mass is 9.84. The first-order valence-corrected chi connectivity index (χ1v) is 5.26. The van der Waals surface area contributed by atoms with Crippen molar-refractivity contribution in [1.29, 1.82) is 0 Å². The van der Waals surface area contributed by atoms with E-state index < -0.39 is 0 Å². The van der Waals surface area contributed by atoms with Gasteiger partial charge >= 0.3 is 0 Å². The minimum absolute atomic E-state index is 0.0353. The molecule has 2 saturated carbocycles. The van der Waals surface area contributed by atoms with Gasteiger partial charge < -0.3 is 10.4 Å². The minimum Gasteiger partial charge on any atom is -0.391 e. The number of hydrogen-bond acceptors (Lipinski definition) is 2. The van der Waals surface area contributed by atoms with Crippen molar-refractivity contribution in [1.82, 2.24) is 5.32 Å². The van der Waals surface area contributed by atoms with E-state index in [0.29, 0.717) is 0 Å². The molecular weight excluding hydrogens is 166 g/mol. The second kappa shape index (κ2) is 3.66. The van der Waals surface area contributed by atoms with Crippen LogP contribution in [-0.4, -0.2) is 23.2 Å². The molecule has 0 bridgehead atoms. The second-order valence-electron chi connectivity index (χ2n) is 4.24. The van der Waals surface area contributed by atoms with Gasteiger partial charge in [0.1, 0.15) is 0 Å². The SMILES string of the molecule is O=C(N[C@H]1CCC[C@@H]1O)C1CCC1. The van der Waals surface area contributed by atoms with Crippen molar-refractivity contribution in [3.63, 3.8) is 0 Å². The summed E-state index contributed by atoms with van der Waals surface area (Å²) in [5.41, 5.74) is 0. The standard InChI is InChI=1S/C10H17NO2/c12-9-6-2-5-8(9)11-10(13)7-3-1-4-7/h7-9,12H,1-6H2,(H,11,13)/t8-,9-/m0/s1. The summed E-state index contributed by atoms with van der Waals surface area (Å²) in [4.78, 5) is 11.5. The molecule has 74 valence electrons. The van der Waals surface area contributed by atoms with Crippen molar-refractivity contribution in [2.45, 2.75) is 50.7 Å². The summed E-state index contributed by atoms with van der Waals surface area (Å²) in [6, 6.07) is 0.0353. The summed E-state index contributed by atoms with van der Waals surface area (Å²) in [5.74, 6) is 0.407. The molecule has 0 spiro atoms. The number of amides is 1. The van der Waals surface area contributed by atoms with Crippen molar-refractivity contribution in [2.75, 3.05) is 0 Å². The third-order valence-electron chi connectivity index (χ3n) is 3.28. The monoisotopic (exact) mass is 183 g/mol. The Morgan fingerprint density at radius 1 is 1.15 bits per heavy atom. The molecule has 2 rings (SSSR count). The van der Waals surface area contributed by atoms with Crippen LogP contribution in [0.3, 0.4) is 0 Å². The lowest BCUT2D eigenvalue weighted by Gasteiger charge is -2.26. The molecule has 0 unspecified atom stereocenters. The third-order valence-corrected chi connectivity index (χ3v) is 3.28. The van der Waals surface area contributed by atoms with Gasteiger partial charge in [-0.05, 0) is 32.1 Å². The molecule has 0 aromatic carbocycles. The zero-order chi connectivity index (χ0) is 9.26. The van der Waals surface area contributed by atoms with E-state index in [1.54, 1.807) is 0 Å². The first-order chi connectivity index (χ1) is 6.27. The normalized spacial score (nSPS) is 34.2. The van der Waals surface area contributed by atoms with E-state index in [4.69, 9.17) is 0 Å². The van der Waals surface area contributed by atoms with Crippen molar-refractivity contribution in [3.05, 3.63) is 0 Å². The number of rotatable bonds is 2. The van der Waals surface area contributed by atoms with E-state index in [-0.39, 0.29) is 24.0 Å². The quantitative estimate of drug-likeness (QED) is 0.665. The third kappa shape index (κ3) is 1.85. The molecular formula is C10H17NO2. The maximum atomic E-state index is 11.5. The average molecular weight is 183 g/mol. The summed E-state index contributed by atoms with van der Waals surface area (Å²) in [5, 5.41) is 12.4. The molecule has 2 fully saturated rings. The molecule has 0 heterocycles. The molecule has 1 amide bonds. The Bertz CT molecular complexity index is 201. The number of aliphatic hydroxyl groups is 1. The van der Waals surface area contributed by atoms with Crippen molar-refractivity contribution < 1.29 is 9.90 Å². The van der Waals surface area contributed by atoms with E-state index in [1.807, 2.05) is 0 Å². The first-order valence-electron chi connectivity index (χ1n) is 5.26. The predicted octanol–water partition coefficient (Wildman–Crippen LogP) is 0.816. The Balaban J connectivity index is 1.79. The maximum absolute atomic E-state index is 11.5. The zero-order valence-electron chi connectivity index (χ0n) is 7.83. The van der Waals surface area contributed by atoms with Gasteiger partial charge in [-0.3, -0.25) is 4.79 Å². The summed E-state index contributed by atoms with van der Waals surface area (Å²) in [6.45, 7) is 0. The zero-order valence-corrected chi connectivity index (χ0v) is 7.83. The van der Waals surface area contributed by atoms with E-state index in [9.17, 15) is 9.90 Å². The summed E-state index contributed by atoms with van der Waals surface area (Å²) in [7, 11) is 0. The molecule has 2 N–H and O–H groups in total. The van der Waals surface area contributed by atoms with Crippen LogP contribution in [0.4, 0.5) is 0 Å². The molecule has 0 aliphatic heterocycles. The molecule has 0 aromatic rings. The highest BCUT2D eigenvalue weighted by Gasteiger charge is 2.31. The van der Waals surface area contributed by atoms with Gasteiger partial charge in [0.15, 0.2) is 0 Å². The Hall–Kier alpha value is -0.570. The van der Waals surface area contributed by atoms with Gasteiger partial charge in [0.05, 0.1) is 12.1 Å². The van der Waals surface area contributed by atoms with Crippen molar-refractivity contribution in [2.24, 2.45) is 5.92 Å². The maximum Gasteiger partial charge on any atom is 0.223 e. The number of aliphatic hydroxyl groups excluding tert-OH is 1. The summed E-state index contributed by atoms with van der Waals surface area (Å²) in [6.07, 6.45) is 5.78. The highest BCUT2D eigenvalue weighted by atomic mass is 16.3. The molecule has 0 saturated heterocycles. The van der Waals surface area contributed by atoms with E-state index in [1.165, 1.54) is 6.42 Å². The number of nitrogens with one attached hydrogen (secondary N) is 1. The summed E-state index contributed by atoms with van der Waals surface area (Å²) >= 11 is 0. The van der Waals surface area contributed by atoms with E-state index in [2.05, 4.69) is 5.32 Å². The fourth-order valence-corrected chi connectivity index (χ4v) is 2.08. The van der Waals surface area contributed by atoms with E-state index >= 15 is 0 Å². The van der Waals surface area contributed by atoms with Crippen molar-refractivity contribution >= 4 is 5.91 Å². The smallest absolute Gasteiger partial charge is 0.223 e. The van der Waals surface area contributed by atoms with Crippen LogP contribution >= 0.6 is 0 Å². The lowest BCUT2D eigenvalue weighted by molar-refractivity contribution is -0.128. The van der Waals surface area contributed by atoms with Crippen LogP contribution in [0.1, 0.15) is 38.5 Å². The lowest BCUT2D eigenvalue weighted by Crippen LogP contribution is -2.44. The number of hydrogen-bond donors (Lipinski definition) is 2. The molecule has 3 heteroatoms. The van der Waals surface area contributed by atoms with Gasteiger partial charge in [-0.25, -0.2) is 0 Å². The van der Waals surface area contributed by atoms with Crippen LogP contribution in [0.25, 0.3) is 0 Å². The first kappa shape index (κ1) is 9.00. The highest BCUT2D eigenvalue weighted by Crippen LogP contribution is 2.27. The Labute approximate surface area is 78.5 Å². The van der Waals surface area contributed by atoms with Crippen LogP contribution in [0.5, 0.6) is 0 Å². The van der Waals surface area contributed by atoms with Crippen LogP contribution in [-0.2, 0) is 4.79 Å². The number of carbonyl (C=O) groups is 1. The summed E-state index contributed by atoms with van der Waals surface area (Å²) < 4.78 is 0. The van der Waals surface area contributed by atoms with Crippen LogP contribution < -0.4 is 5.32 Å². The van der Waals surface area contributed by atoms with Gasteiger partial charge in [0.25, 0.3) is 0 Å². The molecule has 3 nitrogen and oxygen atoms in total. The van der Waals surface area contributed by atoms with Gasteiger partial charge in [-0.2, -0.15) is 0 Å². The molecule has 0 radical (unpaired) electrons. The average Bonchev–Trinajstić information content (AvgIpc) is 2.32. The highest BCUT2D eigenvalue weighted by molar-refractivity contribution is 5.79. The Kier molecular flexibility index (Phi) is 2.54. The van der Waals surface area contributed by atoms with Crippen LogP contribution in [0.2, 0.25) is 0 Å². The fourth-order valence-electron chi connectivity index (χ4n) is 2.08. The largest absolute Gasteiger partial charge is 0.391 e. The Morgan fingerprint density at radius 2 is 1.85 bits per heavy atom. The molecule has 2 aliphatic carbocycles. The minimum atomic E-state index is -0.302. The van der Waals surface area contributed by atoms with Gasteiger partial charge in [-0.15, -0.1) is 0 Å². The van der Waals surface area contributed by atoms with E-state index in [0.717, 1.165) is 32.1 Å². The van der Waals surface area contributed by atoms with Gasteiger partial charge in [-0.1, -0.05) is 6.42 Å². The fraction of sp³-hybridized carbons (Fsp3) is 0.900. The predicted molar refractivity (Wildman–Crippen MR) is 49.1 cm³/mol. The molecule has 13 heavy (non-hydrogen) atoms. The Morgan fingerprint density at radius 3 is 2.31 bits per heavy atom. The molecule has 2 aliphatic rings. The van der Waals surface area contributed by atoms with Crippen LogP contribution in [0, 0.1) is 5.92 Å². The molecule has 2 atom stereocenters. The topological polar surface area (TPSA) is 49.3 Å². The number of carbonyl (C=O) groups excluding carboxylic acids is 1. The van der Waals surface area contributed by atoms with Gasteiger partial charge in [0, 0.05) is 5.92 Å². The molecule has 0 aromatic heterocycles. The van der Waals surface area contributed by atoms with Crippen LogP contribution in [0.15, 0.2) is 0 Å².